The topological polar surface area (TPSA) is 35.5 Å². The molecule has 3 nitrogen and oxygen atoms in total. The van der Waals surface area contributed by atoms with Crippen molar-refractivity contribution < 1.29 is 5.11 Å². The van der Waals surface area contributed by atoms with Crippen LogP contribution in [0.15, 0.2) is 24.3 Å². The Morgan fingerprint density at radius 1 is 1.33 bits per heavy atom. The van der Waals surface area contributed by atoms with Crippen LogP contribution in [0.4, 0.5) is 5.69 Å². The molecule has 2 rings (SSSR count). The van der Waals surface area contributed by atoms with Crippen molar-refractivity contribution in [1.29, 1.82) is 0 Å². The van der Waals surface area contributed by atoms with Crippen molar-refractivity contribution >= 4 is 5.69 Å². The number of phenols is 1. The second kappa shape index (κ2) is 4.53. The third-order valence-corrected chi connectivity index (χ3v) is 2.81. The Labute approximate surface area is 90.7 Å². The maximum absolute atomic E-state index is 9.23. The van der Waals surface area contributed by atoms with Gasteiger partial charge < -0.3 is 15.3 Å². The summed E-state index contributed by atoms with van der Waals surface area (Å²) in [6, 6.07) is 7.98. The lowest BCUT2D eigenvalue weighted by Crippen LogP contribution is -2.35. The standard InChI is InChI=1S/C12H18N2O/c1-10-9-14(8-2-7-13-10)11-3-5-12(15)6-4-11/h3-6,10,13,15H,2,7-9H2,1H3. The zero-order valence-corrected chi connectivity index (χ0v) is 9.11. The highest BCUT2D eigenvalue weighted by atomic mass is 16.3. The number of nitrogens with zero attached hydrogens (tertiary/aromatic N) is 1. The van der Waals surface area contributed by atoms with Gasteiger partial charge in [-0.25, -0.2) is 0 Å². The van der Waals surface area contributed by atoms with E-state index < -0.39 is 0 Å². The highest BCUT2D eigenvalue weighted by Crippen LogP contribution is 2.19. The fourth-order valence-corrected chi connectivity index (χ4v) is 2.00. The van der Waals surface area contributed by atoms with E-state index in [1.165, 1.54) is 12.1 Å². The van der Waals surface area contributed by atoms with Gasteiger partial charge in [0.2, 0.25) is 0 Å². The number of hydrogen-bond acceptors (Lipinski definition) is 3. The molecule has 0 spiro atoms. The molecule has 1 aliphatic rings. The first-order valence-electron chi connectivity index (χ1n) is 5.53. The Balaban J connectivity index is 2.11. The summed E-state index contributed by atoms with van der Waals surface area (Å²) < 4.78 is 0. The Kier molecular flexibility index (Phi) is 3.11. The van der Waals surface area contributed by atoms with Gasteiger partial charge in [0.25, 0.3) is 0 Å². The number of benzene rings is 1. The lowest BCUT2D eigenvalue weighted by molar-refractivity contribution is 0.475. The van der Waals surface area contributed by atoms with Crippen LogP contribution in [0.3, 0.4) is 0 Å². The van der Waals surface area contributed by atoms with Crippen molar-refractivity contribution in [2.24, 2.45) is 0 Å². The second-order valence-electron chi connectivity index (χ2n) is 4.17. The molecule has 1 aromatic carbocycles. The highest BCUT2D eigenvalue weighted by molar-refractivity contribution is 5.49. The summed E-state index contributed by atoms with van der Waals surface area (Å²) in [5.41, 5.74) is 1.20. The maximum atomic E-state index is 9.23. The molecule has 0 aliphatic carbocycles. The number of phenolic OH excluding ortho intramolecular Hbond substituents is 1. The van der Waals surface area contributed by atoms with Gasteiger partial charge in [0.05, 0.1) is 0 Å². The van der Waals surface area contributed by atoms with Crippen LogP contribution in [-0.2, 0) is 0 Å². The SMILES string of the molecule is CC1CN(c2ccc(O)cc2)CCCN1. The molecule has 0 aromatic heterocycles. The molecule has 15 heavy (non-hydrogen) atoms. The first-order chi connectivity index (χ1) is 7.25. The largest absolute Gasteiger partial charge is 0.508 e. The average molecular weight is 206 g/mol. The molecular formula is C12H18N2O. The highest BCUT2D eigenvalue weighted by Gasteiger charge is 2.13. The van der Waals surface area contributed by atoms with Crippen LogP contribution < -0.4 is 10.2 Å². The molecule has 1 unspecified atom stereocenters. The number of hydrogen-bond donors (Lipinski definition) is 2. The summed E-state index contributed by atoms with van der Waals surface area (Å²) in [5, 5.41) is 12.7. The first kappa shape index (κ1) is 10.3. The lowest BCUT2D eigenvalue weighted by atomic mass is 10.2. The van der Waals surface area contributed by atoms with Crippen molar-refractivity contribution in [3.05, 3.63) is 24.3 Å². The molecule has 82 valence electrons. The van der Waals surface area contributed by atoms with E-state index in [1.54, 1.807) is 12.1 Å². The van der Waals surface area contributed by atoms with E-state index in [1.807, 2.05) is 12.1 Å². The predicted molar refractivity (Wildman–Crippen MR) is 62.4 cm³/mol. The van der Waals surface area contributed by atoms with Gasteiger partial charge in [0.15, 0.2) is 0 Å². The molecule has 1 saturated heterocycles. The van der Waals surface area contributed by atoms with Crippen molar-refractivity contribution in [3.8, 4) is 5.75 Å². The number of aromatic hydroxyl groups is 1. The van der Waals surface area contributed by atoms with E-state index in [-0.39, 0.29) is 0 Å². The Hall–Kier alpha value is -1.22. The zero-order chi connectivity index (χ0) is 10.7. The quantitative estimate of drug-likeness (QED) is 0.732. The summed E-state index contributed by atoms with van der Waals surface area (Å²) in [5.74, 6) is 0.333. The van der Waals surface area contributed by atoms with Crippen molar-refractivity contribution in [1.82, 2.24) is 5.32 Å². The summed E-state index contributed by atoms with van der Waals surface area (Å²) in [7, 11) is 0. The Morgan fingerprint density at radius 2 is 2.07 bits per heavy atom. The van der Waals surface area contributed by atoms with Crippen molar-refractivity contribution in [2.45, 2.75) is 19.4 Å². The van der Waals surface area contributed by atoms with E-state index in [9.17, 15) is 5.11 Å². The summed E-state index contributed by atoms with van der Waals surface area (Å²) in [4.78, 5) is 2.37. The van der Waals surface area contributed by atoms with Crippen LogP contribution >= 0.6 is 0 Å². The summed E-state index contributed by atoms with van der Waals surface area (Å²) in [6.07, 6.45) is 1.17. The maximum Gasteiger partial charge on any atom is 0.115 e. The molecule has 3 heteroatoms. The van der Waals surface area contributed by atoms with E-state index >= 15 is 0 Å². The number of anilines is 1. The molecule has 2 N–H and O–H groups in total. The van der Waals surface area contributed by atoms with Crippen molar-refractivity contribution in [3.63, 3.8) is 0 Å². The third-order valence-electron chi connectivity index (χ3n) is 2.81. The van der Waals surface area contributed by atoms with Gasteiger partial charge in [0, 0.05) is 24.8 Å². The van der Waals surface area contributed by atoms with Gasteiger partial charge in [-0.15, -0.1) is 0 Å². The molecule has 1 aromatic rings. The van der Waals surface area contributed by atoms with E-state index in [2.05, 4.69) is 17.1 Å². The van der Waals surface area contributed by atoms with Crippen LogP contribution in [-0.4, -0.2) is 30.8 Å². The fraction of sp³-hybridized carbons (Fsp3) is 0.500. The normalized spacial score (nSPS) is 22.5. The molecule has 0 saturated carbocycles. The lowest BCUT2D eigenvalue weighted by Gasteiger charge is -2.24. The van der Waals surface area contributed by atoms with Gasteiger partial charge in [-0.2, -0.15) is 0 Å². The van der Waals surface area contributed by atoms with Crippen LogP contribution in [0.2, 0.25) is 0 Å². The van der Waals surface area contributed by atoms with Crippen LogP contribution in [0.25, 0.3) is 0 Å². The van der Waals surface area contributed by atoms with Crippen LogP contribution in [0.1, 0.15) is 13.3 Å². The molecule has 0 radical (unpaired) electrons. The molecule has 1 atom stereocenters. The van der Waals surface area contributed by atoms with Gasteiger partial charge in [0.1, 0.15) is 5.75 Å². The minimum Gasteiger partial charge on any atom is -0.508 e. The summed E-state index contributed by atoms with van der Waals surface area (Å²) in [6.45, 7) is 5.42. The zero-order valence-electron chi connectivity index (χ0n) is 9.11. The van der Waals surface area contributed by atoms with Gasteiger partial charge in [-0.1, -0.05) is 0 Å². The minimum absolute atomic E-state index is 0.333. The smallest absolute Gasteiger partial charge is 0.115 e. The first-order valence-corrected chi connectivity index (χ1v) is 5.53. The fourth-order valence-electron chi connectivity index (χ4n) is 2.00. The number of rotatable bonds is 1. The van der Waals surface area contributed by atoms with E-state index in [0.717, 1.165) is 19.6 Å². The monoisotopic (exact) mass is 206 g/mol. The molecule has 0 amide bonds. The summed E-state index contributed by atoms with van der Waals surface area (Å²) >= 11 is 0. The van der Waals surface area contributed by atoms with Gasteiger partial charge in [-0.05, 0) is 44.2 Å². The molecule has 1 fully saturated rings. The number of nitrogens with one attached hydrogen (secondary N) is 1. The van der Waals surface area contributed by atoms with E-state index in [0.29, 0.717) is 11.8 Å². The minimum atomic E-state index is 0.333. The van der Waals surface area contributed by atoms with Crippen molar-refractivity contribution in [2.75, 3.05) is 24.5 Å². The van der Waals surface area contributed by atoms with Gasteiger partial charge >= 0.3 is 0 Å². The second-order valence-corrected chi connectivity index (χ2v) is 4.17. The predicted octanol–water partition coefficient (Wildman–Crippen LogP) is 1.58. The average Bonchev–Trinajstić information content (AvgIpc) is 2.44. The molecule has 1 heterocycles. The third kappa shape index (κ3) is 2.63. The van der Waals surface area contributed by atoms with Crippen LogP contribution in [0.5, 0.6) is 5.75 Å². The Morgan fingerprint density at radius 3 is 2.80 bits per heavy atom. The molecular weight excluding hydrogens is 188 g/mol. The van der Waals surface area contributed by atoms with Gasteiger partial charge in [-0.3, -0.25) is 0 Å². The molecule has 0 bridgehead atoms. The van der Waals surface area contributed by atoms with Crippen LogP contribution in [0, 0.1) is 0 Å². The van der Waals surface area contributed by atoms with E-state index in [4.69, 9.17) is 0 Å². The molecule has 1 aliphatic heterocycles. The Bertz CT molecular complexity index is 310.